The van der Waals surface area contributed by atoms with Gasteiger partial charge in [0.25, 0.3) is 0 Å². The van der Waals surface area contributed by atoms with Gasteiger partial charge in [0.2, 0.25) is 0 Å². The molecule has 242 valence electrons. The number of guanidine groups is 1. The van der Waals surface area contributed by atoms with E-state index in [9.17, 15) is 9.90 Å². The maximum atomic E-state index is 12.7. The third-order valence-corrected chi connectivity index (χ3v) is 11.0. The molecule has 0 unspecified atom stereocenters. The second-order valence-corrected chi connectivity index (χ2v) is 14.0. The molecule has 0 aromatic heterocycles. The number of phenols is 1. The van der Waals surface area contributed by atoms with Crippen molar-refractivity contribution < 1.29 is 19.4 Å². The van der Waals surface area contributed by atoms with Crippen molar-refractivity contribution in [2.24, 2.45) is 39.6 Å². The average Bonchev–Trinajstić information content (AvgIpc) is 3.51. The zero-order chi connectivity index (χ0) is 31.3. The standard InChI is InChI=1S/C37H55N3O4/c1-4-5-6-9-28(41)15-13-25-20-30(35(42)32(21-25)44-29-10-7-8-11-29)34-33-26(17-19-40-36(38)39)22-27-14-12-24(2)23-37(27,34)18-16-31(33)43-3/h6,9,20-22,24,26,29,31,33-34,42H,4-5,7-8,10-19,23H2,1-3H3,(H4,38,39,40)/t24-,26-,31-,33-,34-,37+/m1/s1. The number of carbonyl (C=O) groups excluding carboxylic acids is 1. The van der Waals surface area contributed by atoms with Gasteiger partial charge < -0.3 is 26.0 Å². The summed E-state index contributed by atoms with van der Waals surface area (Å²) in [5.41, 5.74) is 15.0. The fraction of sp³-hybridized carbons (Fsp3) is 0.676. The monoisotopic (exact) mass is 605 g/mol. The minimum Gasteiger partial charge on any atom is -0.504 e. The van der Waals surface area contributed by atoms with Crippen LogP contribution in [0.5, 0.6) is 11.5 Å². The number of nitrogens with zero attached hydrogens (tertiary/aromatic N) is 1. The van der Waals surface area contributed by atoms with Crippen LogP contribution in [0, 0.1) is 23.2 Å². The third kappa shape index (κ3) is 7.03. The Kier molecular flexibility index (Phi) is 10.8. The number of allylic oxidation sites excluding steroid dienone is 4. The Morgan fingerprint density at radius 2 is 1.98 bits per heavy atom. The van der Waals surface area contributed by atoms with E-state index >= 15 is 0 Å². The predicted octanol–water partition coefficient (Wildman–Crippen LogP) is 7.11. The maximum Gasteiger partial charge on any atom is 0.185 e. The number of aromatic hydroxyl groups is 1. The lowest BCUT2D eigenvalue weighted by Crippen LogP contribution is -2.53. The molecule has 7 nitrogen and oxygen atoms in total. The van der Waals surface area contributed by atoms with Gasteiger partial charge in [0.1, 0.15) is 0 Å². The lowest BCUT2D eigenvalue weighted by Gasteiger charge is -2.60. The first-order valence-corrected chi connectivity index (χ1v) is 17.3. The van der Waals surface area contributed by atoms with E-state index in [1.165, 1.54) is 6.42 Å². The molecule has 0 saturated heterocycles. The zero-order valence-electron chi connectivity index (χ0n) is 27.2. The minimum atomic E-state index is -0.0243. The summed E-state index contributed by atoms with van der Waals surface area (Å²) in [6, 6.07) is 4.20. The number of ketones is 1. The highest BCUT2D eigenvalue weighted by Gasteiger charge is 2.58. The van der Waals surface area contributed by atoms with Crippen LogP contribution in [0.2, 0.25) is 0 Å². The highest BCUT2D eigenvalue weighted by molar-refractivity contribution is 5.89. The van der Waals surface area contributed by atoms with Gasteiger partial charge >= 0.3 is 0 Å². The lowest BCUT2D eigenvalue weighted by molar-refractivity contribution is -0.114. The molecule has 1 aromatic rings. The van der Waals surface area contributed by atoms with Gasteiger partial charge in [0.15, 0.2) is 23.2 Å². The van der Waals surface area contributed by atoms with Crippen molar-refractivity contribution >= 4 is 11.7 Å². The fourth-order valence-corrected chi connectivity index (χ4v) is 9.04. The number of aliphatic imine (C=N–C) groups is 1. The molecule has 5 N–H and O–H groups in total. The van der Waals surface area contributed by atoms with Gasteiger partial charge in [-0.25, -0.2) is 0 Å². The van der Waals surface area contributed by atoms with Crippen molar-refractivity contribution in [1.29, 1.82) is 0 Å². The first kappa shape index (κ1) is 32.6. The number of methoxy groups -OCH3 is 1. The number of unbranched alkanes of at least 4 members (excludes halogenated alkanes) is 1. The number of rotatable bonds is 13. The summed E-state index contributed by atoms with van der Waals surface area (Å²) in [5.74, 6) is 2.23. The van der Waals surface area contributed by atoms with E-state index in [2.05, 4.69) is 31.0 Å². The summed E-state index contributed by atoms with van der Waals surface area (Å²) < 4.78 is 12.8. The van der Waals surface area contributed by atoms with Gasteiger partial charge in [0, 0.05) is 31.6 Å². The van der Waals surface area contributed by atoms with Crippen LogP contribution in [0.1, 0.15) is 114 Å². The SMILES string of the molecule is CCCC=CC(=O)CCc1cc(OC2CCCC2)c(O)c([C@@H]2[C@@H]3[C@H](CCN=C(N)N)C=C4CC[C@@H](C)C[C@@]42CC[C@H]3OC)c1. The molecule has 4 aliphatic carbocycles. The van der Waals surface area contributed by atoms with Crippen LogP contribution < -0.4 is 16.2 Å². The Bertz CT molecular complexity index is 1250. The van der Waals surface area contributed by atoms with Crippen molar-refractivity contribution in [2.45, 2.75) is 122 Å². The Morgan fingerprint density at radius 3 is 2.70 bits per heavy atom. The quantitative estimate of drug-likeness (QED) is 0.0954. The number of carbonyl (C=O) groups is 1. The molecule has 0 radical (unpaired) electrons. The number of nitrogens with two attached hydrogens (primary N) is 2. The smallest absolute Gasteiger partial charge is 0.185 e. The topological polar surface area (TPSA) is 120 Å². The summed E-state index contributed by atoms with van der Waals surface area (Å²) in [6.45, 7) is 5.06. The molecule has 7 heteroatoms. The van der Waals surface area contributed by atoms with Gasteiger partial charge in [-0.1, -0.05) is 44.1 Å². The van der Waals surface area contributed by atoms with Crippen molar-refractivity contribution in [3.63, 3.8) is 0 Å². The molecule has 0 aliphatic heterocycles. The largest absolute Gasteiger partial charge is 0.504 e. The third-order valence-electron chi connectivity index (χ3n) is 11.0. The summed E-state index contributed by atoms with van der Waals surface area (Å²) in [6.07, 6.45) is 20.1. The molecule has 6 atom stereocenters. The Hall–Kier alpha value is -2.80. The number of aryl methyl sites for hydroxylation is 1. The van der Waals surface area contributed by atoms with Crippen LogP contribution in [-0.2, 0) is 16.0 Å². The number of fused-ring (bicyclic) bond motifs is 1. The van der Waals surface area contributed by atoms with Crippen molar-refractivity contribution in [3.8, 4) is 11.5 Å². The molecular weight excluding hydrogens is 550 g/mol. The van der Waals surface area contributed by atoms with E-state index in [0.717, 1.165) is 81.8 Å². The summed E-state index contributed by atoms with van der Waals surface area (Å²) in [4.78, 5) is 17.1. The normalized spacial score (nSPS) is 30.2. The molecule has 1 spiro atoms. The summed E-state index contributed by atoms with van der Waals surface area (Å²) in [5, 5.41) is 12.1. The van der Waals surface area contributed by atoms with Crippen LogP contribution in [0.25, 0.3) is 0 Å². The Morgan fingerprint density at radius 1 is 1.18 bits per heavy atom. The molecular formula is C37H55N3O4. The zero-order valence-corrected chi connectivity index (χ0v) is 27.2. The molecule has 2 bridgehead atoms. The van der Waals surface area contributed by atoms with Crippen molar-refractivity contribution in [2.75, 3.05) is 13.7 Å². The lowest BCUT2D eigenvalue weighted by atomic mass is 9.45. The van der Waals surface area contributed by atoms with Crippen LogP contribution in [0.15, 0.2) is 40.9 Å². The molecule has 44 heavy (non-hydrogen) atoms. The number of hydrogen-bond donors (Lipinski definition) is 3. The summed E-state index contributed by atoms with van der Waals surface area (Å²) >= 11 is 0. The molecule has 0 heterocycles. The van der Waals surface area contributed by atoms with E-state index in [1.54, 1.807) is 11.6 Å². The maximum absolute atomic E-state index is 12.7. The average molecular weight is 606 g/mol. The Balaban J connectivity index is 1.59. The first-order chi connectivity index (χ1) is 21.3. The molecule has 3 fully saturated rings. The number of benzene rings is 1. The molecule has 4 aliphatic rings. The molecule has 5 rings (SSSR count). The van der Waals surface area contributed by atoms with Crippen LogP contribution in [-0.4, -0.2) is 42.7 Å². The van der Waals surface area contributed by atoms with E-state index < -0.39 is 0 Å². The van der Waals surface area contributed by atoms with Crippen LogP contribution in [0.3, 0.4) is 0 Å². The van der Waals surface area contributed by atoms with Gasteiger partial charge in [-0.2, -0.15) is 0 Å². The van der Waals surface area contributed by atoms with Gasteiger partial charge in [-0.3, -0.25) is 9.79 Å². The van der Waals surface area contributed by atoms with E-state index in [1.807, 2.05) is 19.3 Å². The molecule has 0 amide bonds. The second-order valence-electron chi connectivity index (χ2n) is 14.0. The van der Waals surface area contributed by atoms with Gasteiger partial charge in [-0.05, 0) is 118 Å². The van der Waals surface area contributed by atoms with Crippen molar-refractivity contribution in [1.82, 2.24) is 0 Å². The second kappa shape index (κ2) is 14.5. The number of ether oxygens (including phenoxy) is 2. The molecule has 1 aromatic carbocycles. The Labute approximate surface area is 264 Å². The van der Waals surface area contributed by atoms with Crippen molar-refractivity contribution in [3.05, 3.63) is 47.1 Å². The molecule has 3 saturated carbocycles. The highest BCUT2D eigenvalue weighted by atomic mass is 16.5. The minimum absolute atomic E-state index is 0.0243. The van der Waals surface area contributed by atoms with E-state index in [0.29, 0.717) is 31.1 Å². The number of phenolic OH excluding ortho intramolecular Hbond substituents is 1. The summed E-state index contributed by atoms with van der Waals surface area (Å²) in [7, 11) is 1.83. The fourth-order valence-electron chi connectivity index (χ4n) is 9.04. The predicted molar refractivity (Wildman–Crippen MR) is 177 cm³/mol. The van der Waals surface area contributed by atoms with Crippen LogP contribution in [0.4, 0.5) is 0 Å². The van der Waals surface area contributed by atoms with E-state index in [-0.39, 0.29) is 52.9 Å². The van der Waals surface area contributed by atoms with Gasteiger partial charge in [-0.15, -0.1) is 0 Å². The first-order valence-electron chi connectivity index (χ1n) is 17.3. The van der Waals surface area contributed by atoms with Gasteiger partial charge in [0.05, 0.1) is 12.2 Å². The van der Waals surface area contributed by atoms with E-state index in [4.69, 9.17) is 20.9 Å². The number of hydrogen-bond acceptors (Lipinski definition) is 5. The highest BCUT2D eigenvalue weighted by Crippen LogP contribution is 2.67. The van der Waals surface area contributed by atoms with Crippen LogP contribution >= 0.6 is 0 Å².